The van der Waals surface area contributed by atoms with Crippen LogP contribution in [0.2, 0.25) is 0 Å². The monoisotopic (exact) mass is 311 g/mol. The van der Waals surface area contributed by atoms with Crippen molar-refractivity contribution in [1.82, 2.24) is 35.6 Å². The van der Waals surface area contributed by atoms with Crippen molar-refractivity contribution in [2.75, 3.05) is 5.32 Å². The summed E-state index contributed by atoms with van der Waals surface area (Å²) < 4.78 is 0. The minimum absolute atomic E-state index is 0.467. The smallest absolute Gasteiger partial charge is 0.157 e. The zero-order chi connectivity index (χ0) is 16.2. The van der Waals surface area contributed by atoms with Crippen LogP contribution in [0.5, 0.6) is 0 Å². The van der Waals surface area contributed by atoms with E-state index in [4.69, 9.17) is 5.84 Å². The number of nitrogens with one attached hydrogen (secondary N) is 3. The first-order valence-corrected chi connectivity index (χ1v) is 7.03. The summed E-state index contributed by atoms with van der Waals surface area (Å²) in [5, 5.41) is 9.87. The minimum atomic E-state index is 0.467. The second-order valence-corrected chi connectivity index (χ2v) is 5.01. The number of nitrogens with two attached hydrogens (primary N) is 1. The topological polar surface area (TPSA) is 130 Å². The van der Waals surface area contributed by atoms with Gasteiger partial charge >= 0.3 is 0 Å². The highest BCUT2D eigenvalue weighted by atomic mass is 15.2. The van der Waals surface area contributed by atoms with Crippen LogP contribution in [-0.4, -0.2) is 30.1 Å². The molecule has 3 heterocycles. The molecule has 0 bridgehead atoms. The highest BCUT2D eigenvalue weighted by Crippen LogP contribution is 2.23. The van der Waals surface area contributed by atoms with Crippen molar-refractivity contribution in [1.29, 1.82) is 0 Å². The zero-order valence-electron chi connectivity index (χ0n) is 12.8. The van der Waals surface area contributed by atoms with Crippen LogP contribution in [0.1, 0.15) is 17.1 Å². The molecule has 0 amide bonds. The zero-order valence-corrected chi connectivity index (χ0v) is 12.8. The summed E-state index contributed by atoms with van der Waals surface area (Å²) >= 11 is 0. The van der Waals surface area contributed by atoms with Crippen molar-refractivity contribution < 1.29 is 0 Å². The first-order valence-electron chi connectivity index (χ1n) is 7.03. The van der Waals surface area contributed by atoms with E-state index in [0.29, 0.717) is 29.8 Å². The molecule has 3 aromatic heterocycles. The van der Waals surface area contributed by atoms with E-state index in [1.807, 2.05) is 26.0 Å². The fraction of sp³-hybridized carbons (Fsp3) is 0.214. The van der Waals surface area contributed by atoms with E-state index in [0.717, 1.165) is 16.8 Å². The quantitative estimate of drug-likeness (QED) is 0.405. The first-order chi connectivity index (χ1) is 11.2. The SMILES string of the molecule is Cc1cc(Nc2cc(CNN)c(-c3ncn[nH]3)cn2)nc(C)n1. The number of aromatic nitrogens is 6. The molecule has 118 valence electrons. The van der Waals surface area contributed by atoms with Gasteiger partial charge in [-0.1, -0.05) is 0 Å². The molecule has 0 saturated heterocycles. The molecular weight excluding hydrogens is 294 g/mol. The van der Waals surface area contributed by atoms with Gasteiger partial charge in [0.05, 0.1) is 0 Å². The number of hydrogen-bond donors (Lipinski definition) is 4. The van der Waals surface area contributed by atoms with Gasteiger partial charge in [-0.05, 0) is 25.5 Å². The number of nitrogens with zero attached hydrogens (tertiary/aromatic N) is 5. The predicted molar refractivity (Wildman–Crippen MR) is 85.4 cm³/mol. The molecule has 0 unspecified atom stereocenters. The summed E-state index contributed by atoms with van der Waals surface area (Å²) in [5.41, 5.74) is 5.31. The number of hydrazine groups is 1. The van der Waals surface area contributed by atoms with Crippen LogP contribution >= 0.6 is 0 Å². The summed E-state index contributed by atoms with van der Waals surface area (Å²) in [4.78, 5) is 17.2. The van der Waals surface area contributed by atoms with Gasteiger partial charge in [0.1, 0.15) is 23.8 Å². The normalized spacial score (nSPS) is 10.7. The number of aromatic amines is 1. The van der Waals surface area contributed by atoms with Crippen LogP contribution in [0.25, 0.3) is 11.4 Å². The number of anilines is 2. The maximum Gasteiger partial charge on any atom is 0.157 e. The molecule has 0 fully saturated rings. The highest BCUT2D eigenvalue weighted by Gasteiger charge is 2.10. The largest absolute Gasteiger partial charge is 0.325 e. The lowest BCUT2D eigenvalue weighted by molar-refractivity contribution is 0.741. The molecule has 9 heteroatoms. The lowest BCUT2D eigenvalue weighted by Crippen LogP contribution is -2.21. The van der Waals surface area contributed by atoms with Gasteiger partial charge in [-0.3, -0.25) is 16.4 Å². The molecule has 9 nitrogen and oxygen atoms in total. The summed E-state index contributed by atoms with van der Waals surface area (Å²) in [6, 6.07) is 3.75. The van der Waals surface area contributed by atoms with Gasteiger partial charge in [0.2, 0.25) is 0 Å². The van der Waals surface area contributed by atoms with Gasteiger partial charge in [-0.2, -0.15) is 5.10 Å². The van der Waals surface area contributed by atoms with Crippen LogP contribution in [-0.2, 0) is 6.54 Å². The fourth-order valence-corrected chi connectivity index (χ4v) is 2.28. The molecule has 0 aliphatic heterocycles. The Bertz CT molecular complexity index is 778. The molecule has 0 atom stereocenters. The predicted octanol–water partition coefficient (Wildman–Crippen LogP) is 0.980. The number of aryl methyl sites for hydroxylation is 2. The third-order valence-electron chi connectivity index (χ3n) is 3.17. The minimum Gasteiger partial charge on any atom is -0.325 e. The Hall–Kier alpha value is -2.91. The van der Waals surface area contributed by atoms with Crippen molar-refractivity contribution in [2.24, 2.45) is 5.84 Å². The third-order valence-corrected chi connectivity index (χ3v) is 3.17. The molecule has 0 spiro atoms. The van der Waals surface area contributed by atoms with Crippen LogP contribution < -0.4 is 16.6 Å². The summed E-state index contributed by atoms with van der Waals surface area (Å²) in [6.45, 7) is 4.24. The third kappa shape index (κ3) is 3.47. The van der Waals surface area contributed by atoms with Gasteiger partial charge in [-0.15, -0.1) is 0 Å². The van der Waals surface area contributed by atoms with E-state index < -0.39 is 0 Å². The van der Waals surface area contributed by atoms with E-state index >= 15 is 0 Å². The summed E-state index contributed by atoms with van der Waals surface area (Å²) in [7, 11) is 0. The Balaban J connectivity index is 1.93. The van der Waals surface area contributed by atoms with E-state index in [1.54, 1.807) is 6.20 Å². The second-order valence-electron chi connectivity index (χ2n) is 5.01. The molecule has 23 heavy (non-hydrogen) atoms. The number of hydrogen-bond acceptors (Lipinski definition) is 8. The molecular formula is C14H17N9. The molecule has 0 radical (unpaired) electrons. The first kappa shape index (κ1) is 15.0. The van der Waals surface area contributed by atoms with E-state index in [-0.39, 0.29) is 0 Å². The van der Waals surface area contributed by atoms with E-state index in [9.17, 15) is 0 Å². The molecule has 0 aromatic carbocycles. The van der Waals surface area contributed by atoms with E-state index in [2.05, 4.69) is 40.9 Å². The van der Waals surface area contributed by atoms with Crippen molar-refractivity contribution in [3.05, 3.63) is 41.7 Å². The Kier molecular flexibility index (Phi) is 4.22. The molecule has 5 N–H and O–H groups in total. The Labute approximate surface area is 132 Å². The van der Waals surface area contributed by atoms with Crippen molar-refractivity contribution in [3.63, 3.8) is 0 Å². The van der Waals surface area contributed by atoms with Crippen LogP contribution in [0.15, 0.2) is 24.7 Å². The van der Waals surface area contributed by atoms with Crippen molar-refractivity contribution in [3.8, 4) is 11.4 Å². The number of pyridine rings is 1. The fourth-order valence-electron chi connectivity index (χ4n) is 2.28. The van der Waals surface area contributed by atoms with Gasteiger partial charge in [-0.25, -0.2) is 19.9 Å². The second kappa shape index (κ2) is 6.46. The van der Waals surface area contributed by atoms with E-state index in [1.165, 1.54) is 6.33 Å². The molecule has 3 aromatic rings. The highest BCUT2D eigenvalue weighted by molar-refractivity contribution is 5.63. The summed E-state index contributed by atoms with van der Waals surface area (Å²) in [5.74, 6) is 8.17. The van der Waals surface area contributed by atoms with Gasteiger partial charge in [0, 0.05) is 30.1 Å². The van der Waals surface area contributed by atoms with Gasteiger partial charge in [0.15, 0.2) is 5.82 Å². The molecule has 3 rings (SSSR count). The molecule has 0 aliphatic carbocycles. The van der Waals surface area contributed by atoms with Gasteiger partial charge < -0.3 is 5.32 Å². The summed E-state index contributed by atoms with van der Waals surface area (Å²) in [6.07, 6.45) is 3.17. The van der Waals surface area contributed by atoms with Crippen molar-refractivity contribution >= 4 is 11.6 Å². The average molecular weight is 311 g/mol. The van der Waals surface area contributed by atoms with Crippen LogP contribution in [0.4, 0.5) is 11.6 Å². The van der Waals surface area contributed by atoms with Gasteiger partial charge in [0.25, 0.3) is 0 Å². The maximum absolute atomic E-state index is 5.47. The van der Waals surface area contributed by atoms with Crippen LogP contribution in [0.3, 0.4) is 0 Å². The molecule has 0 saturated carbocycles. The van der Waals surface area contributed by atoms with Crippen molar-refractivity contribution in [2.45, 2.75) is 20.4 Å². The number of rotatable bonds is 5. The number of H-pyrrole nitrogens is 1. The lowest BCUT2D eigenvalue weighted by Gasteiger charge is -2.11. The molecule has 0 aliphatic rings. The maximum atomic E-state index is 5.47. The average Bonchev–Trinajstić information content (AvgIpc) is 3.01. The Morgan fingerprint density at radius 2 is 2.00 bits per heavy atom. The Morgan fingerprint density at radius 3 is 2.70 bits per heavy atom. The standard InChI is InChI=1S/C14H17N9/c1-8-3-13(21-9(2)20-8)22-12-4-10(5-18-15)11(6-16-12)14-17-7-19-23-14/h3-4,6-7,18H,5,15H2,1-2H3,(H,17,19,23)(H,16,20,21,22). The Morgan fingerprint density at radius 1 is 1.13 bits per heavy atom. The van der Waals surface area contributed by atoms with Crippen LogP contribution in [0, 0.1) is 13.8 Å². The lowest BCUT2D eigenvalue weighted by atomic mass is 10.1.